The van der Waals surface area contributed by atoms with Gasteiger partial charge in [-0.05, 0) is 73.5 Å². The molecule has 0 bridgehead atoms. The second-order valence-corrected chi connectivity index (χ2v) is 13.0. The van der Waals surface area contributed by atoms with Crippen molar-refractivity contribution in [1.29, 1.82) is 0 Å². The predicted octanol–water partition coefficient (Wildman–Crippen LogP) is 4.66. The number of primary amides is 1. The van der Waals surface area contributed by atoms with E-state index in [1.54, 1.807) is 22.6 Å². The molecule has 0 saturated carbocycles. The van der Waals surface area contributed by atoms with Gasteiger partial charge in [-0.25, -0.2) is 12.7 Å². The summed E-state index contributed by atoms with van der Waals surface area (Å²) in [6, 6.07) is 8.27. The van der Waals surface area contributed by atoms with E-state index in [4.69, 9.17) is 5.73 Å². The molecular weight excluding hydrogens is 480 g/mol. The van der Waals surface area contributed by atoms with Crippen LogP contribution < -0.4 is 11.1 Å². The first-order valence-corrected chi connectivity index (χ1v) is 14.9. The Morgan fingerprint density at radius 3 is 2.66 bits per heavy atom. The van der Waals surface area contributed by atoms with Gasteiger partial charge in [-0.2, -0.15) is 0 Å². The number of piperidine rings is 1. The normalized spacial score (nSPS) is 16.7. The van der Waals surface area contributed by atoms with Crippen molar-refractivity contribution >= 4 is 38.2 Å². The Balaban J connectivity index is 1.60. The lowest BCUT2D eigenvalue weighted by Crippen LogP contribution is -2.38. The number of amides is 1. The van der Waals surface area contributed by atoms with Crippen LogP contribution in [0, 0.1) is 5.92 Å². The molecule has 7 nitrogen and oxygen atoms in total. The molecule has 1 aliphatic heterocycles. The maximum absolute atomic E-state index is 12.3. The van der Waals surface area contributed by atoms with E-state index in [0.29, 0.717) is 24.6 Å². The number of H-pyrrole nitrogens is 1. The van der Waals surface area contributed by atoms with Crippen LogP contribution in [0.2, 0.25) is 0 Å². The average molecular weight is 517 g/mol. The van der Waals surface area contributed by atoms with Crippen LogP contribution in [-0.4, -0.2) is 49.0 Å². The van der Waals surface area contributed by atoms with Gasteiger partial charge in [-0.15, -0.1) is 11.3 Å². The van der Waals surface area contributed by atoms with E-state index in [0.717, 1.165) is 59.3 Å². The van der Waals surface area contributed by atoms with E-state index in [1.807, 2.05) is 12.3 Å². The van der Waals surface area contributed by atoms with Gasteiger partial charge >= 0.3 is 0 Å². The van der Waals surface area contributed by atoms with Gasteiger partial charge in [0, 0.05) is 41.0 Å². The number of hydrogen-bond acceptors (Lipinski definition) is 5. The standard InChI is InChI=1S/C26H36N4O3S2/c1-4-17(3)14-28-15-20-6-7-24(34-20)19-12-21-23(16-29-25(21)22(13-19)26(27)31)18-8-10-30(11-9-18)35(32,33)5-2/h6-7,12-13,16-18,28-29H,4-5,8-11,14-15H2,1-3H3,(H2,27,31). The van der Waals surface area contributed by atoms with E-state index in [-0.39, 0.29) is 11.7 Å². The second-order valence-electron chi connectivity index (χ2n) is 9.54. The summed E-state index contributed by atoms with van der Waals surface area (Å²) in [5, 5.41) is 4.53. The second kappa shape index (κ2) is 10.8. The molecule has 3 aromatic rings. The van der Waals surface area contributed by atoms with Gasteiger partial charge in [0.15, 0.2) is 0 Å². The van der Waals surface area contributed by atoms with Gasteiger partial charge in [0.25, 0.3) is 5.91 Å². The molecule has 1 aromatic carbocycles. The summed E-state index contributed by atoms with van der Waals surface area (Å²) >= 11 is 1.73. The minimum Gasteiger partial charge on any atom is -0.366 e. The highest BCUT2D eigenvalue weighted by atomic mass is 32.2. The Morgan fingerprint density at radius 1 is 1.26 bits per heavy atom. The Hall–Kier alpha value is -2.20. The van der Waals surface area contributed by atoms with E-state index < -0.39 is 15.9 Å². The molecule has 1 fully saturated rings. The van der Waals surface area contributed by atoms with Crippen LogP contribution in [0.3, 0.4) is 0 Å². The largest absolute Gasteiger partial charge is 0.366 e. The smallest absolute Gasteiger partial charge is 0.250 e. The average Bonchev–Trinajstić information content (AvgIpc) is 3.50. The lowest BCUT2D eigenvalue weighted by atomic mass is 9.89. The third-order valence-electron chi connectivity index (χ3n) is 7.17. The van der Waals surface area contributed by atoms with Gasteiger partial charge in [-0.1, -0.05) is 20.3 Å². The zero-order valence-electron chi connectivity index (χ0n) is 20.8. The first-order chi connectivity index (χ1) is 16.7. The van der Waals surface area contributed by atoms with Gasteiger partial charge in [0.05, 0.1) is 16.8 Å². The lowest BCUT2D eigenvalue weighted by molar-refractivity contribution is 0.100. The van der Waals surface area contributed by atoms with Gasteiger partial charge in [0.1, 0.15) is 0 Å². The summed E-state index contributed by atoms with van der Waals surface area (Å²) in [6.45, 7) is 9.00. The number of nitrogens with zero attached hydrogens (tertiary/aromatic N) is 1. The predicted molar refractivity (Wildman–Crippen MR) is 144 cm³/mol. The number of aromatic amines is 1. The zero-order chi connectivity index (χ0) is 25.2. The Bertz CT molecular complexity index is 1290. The number of rotatable bonds is 10. The SMILES string of the molecule is CCC(C)CNCc1ccc(-c2cc(C(N)=O)c3[nH]cc(C4CCN(S(=O)(=O)CC)CC4)c3c2)s1. The van der Waals surface area contributed by atoms with E-state index in [2.05, 4.69) is 42.3 Å². The fourth-order valence-corrected chi connectivity index (χ4v) is 6.87. The number of nitrogens with two attached hydrogens (primary N) is 1. The van der Waals surface area contributed by atoms with Crippen molar-refractivity contribution in [3.8, 4) is 10.4 Å². The minimum absolute atomic E-state index is 0.131. The van der Waals surface area contributed by atoms with Crippen molar-refractivity contribution in [3.63, 3.8) is 0 Å². The maximum Gasteiger partial charge on any atom is 0.250 e. The number of thiophene rings is 1. The van der Waals surface area contributed by atoms with Crippen molar-refractivity contribution in [2.45, 2.75) is 52.5 Å². The maximum atomic E-state index is 12.3. The number of fused-ring (bicyclic) bond motifs is 1. The van der Waals surface area contributed by atoms with Crippen LogP contribution in [0.25, 0.3) is 21.3 Å². The van der Waals surface area contributed by atoms with Crippen LogP contribution >= 0.6 is 11.3 Å². The van der Waals surface area contributed by atoms with Crippen molar-refractivity contribution < 1.29 is 13.2 Å². The molecule has 0 spiro atoms. The van der Waals surface area contributed by atoms with Crippen LogP contribution in [0.1, 0.15) is 66.8 Å². The number of hydrogen-bond donors (Lipinski definition) is 3. The number of aromatic nitrogens is 1. The summed E-state index contributed by atoms with van der Waals surface area (Å²) in [7, 11) is -3.17. The number of carbonyl (C=O) groups excluding carboxylic acids is 1. The molecule has 9 heteroatoms. The van der Waals surface area contributed by atoms with Crippen LogP contribution in [0.15, 0.2) is 30.5 Å². The highest BCUT2D eigenvalue weighted by molar-refractivity contribution is 7.89. The highest BCUT2D eigenvalue weighted by Crippen LogP contribution is 2.38. The Kier molecular flexibility index (Phi) is 8.00. The number of carbonyl (C=O) groups is 1. The topological polar surface area (TPSA) is 108 Å². The third-order valence-corrected chi connectivity index (χ3v) is 10.2. The molecule has 1 saturated heterocycles. The van der Waals surface area contributed by atoms with Crippen molar-refractivity contribution in [3.05, 3.63) is 46.5 Å². The fourth-order valence-electron chi connectivity index (χ4n) is 4.77. The first kappa shape index (κ1) is 25.9. The number of sulfonamides is 1. The summed E-state index contributed by atoms with van der Waals surface area (Å²) in [5.41, 5.74) is 9.12. The van der Waals surface area contributed by atoms with Crippen molar-refractivity contribution in [1.82, 2.24) is 14.6 Å². The van der Waals surface area contributed by atoms with Gasteiger partial charge in [-0.3, -0.25) is 4.79 Å². The minimum atomic E-state index is -3.17. The monoisotopic (exact) mass is 516 g/mol. The molecule has 190 valence electrons. The van der Waals surface area contributed by atoms with E-state index in [1.165, 1.54) is 4.88 Å². The summed E-state index contributed by atoms with van der Waals surface area (Å²) in [6.07, 6.45) is 4.64. The Morgan fingerprint density at radius 2 is 2.00 bits per heavy atom. The quantitative estimate of drug-likeness (QED) is 0.364. The molecule has 2 aromatic heterocycles. The number of benzene rings is 1. The molecule has 1 aliphatic rings. The first-order valence-electron chi connectivity index (χ1n) is 12.5. The molecule has 35 heavy (non-hydrogen) atoms. The zero-order valence-corrected chi connectivity index (χ0v) is 22.4. The molecule has 4 N–H and O–H groups in total. The number of nitrogens with one attached hydrogen (secondary N) is 2. The molecule has 0 radical (unpaired) electrons. The molecular formula is C26H36N4O3S2. The summed E-state index contributed by atoms with van der Waals surface area (Å²) < 4.78 is 26.1. The van der Waals surface area contributed by atoms with Crippen LogP contribution in [0.5, 0.6) is 0 Å². The molecule has 4 rings (SSSR count). The van der Waals surface area contributed by atoms with E-state index >= 15 is 0 Å². The fraction of sp³-hybridized carbons (Fsp3) is 0.500. The highest BCUT2D eigenvalue weighted by Gasteiger charge is 2.29. The van der Waals surface area contributed by atoms with Crippen LogP contribution in [0.4, 0.5) is 0 Å². The molecule has 3 heterocycles. The lowest BCUT2D eigenvalue weighted by Gasteiger charge is -2.31. The Labute approximate surface area is 212 Å². The van der Waals surface area contributed by atoms with Crippen molar-refractivity contribution in [2.75, 3.05) is 25.4 Å². The van der Waals surface area contributed by atoms with Gasteiger partial charge < -0.3 is 16.0 Å². The summed E-state index contributed by atoms with van der Waals surface area (Å²) in [5.74, 6) is 0.551. The summed E-state index contributed by atoms with van der Waals surface area (Å²) in [4.78, 5) is 18.0. The van der Waals surface area contributed by atoms with E-state index in [9.17, 15) is 13.2 Å². The third kappa shape index (κ3) is 5.63. The van der Waals surface area contributed by atoms with Crippen LogP contribution in [-0.2, 0) is 16.6 Å². The molecule has 1 amide bonds. The molecule has 0 aliphatic carbocycles. The van der Waals surface area contributed by atoms with Gasteiger partial charge in [0.2, 0.25) is 10.0 Å². The van der Waals surface area contributed by atoms with Crippen molar-refractivity contribution in [2.24, 2.45) is 11.7 Å². The molecule has 1 atom stereocenters. The molecule has 1 unspecified atom stereocenters.